The van der Waals surface area contributed by atoms with Gasteiger partial charge in [0.1, 0.15) is 0 Å². The van der Waals surface area contributed by atoms with Crippen LogP contribution in [-0.2, 0) is 0 Å². The van der Waals surface area contributed by atoms with E-state index in [0.29, 0.717) is 29.1 Å². The van der Waals surface area contributed by atoms with Gasteiger partial charge in [-0.1, -0.05) is 12.6 Å². The summed E-state index contributed by atoms with van der Waals surface area (Å²) in [6.07, 6.45) is -0.557. The first-order valence-corrected chi connectivity index (χ1v) is 7.93. The van der Waals surface area contributed by atoms with E-state index in [1.165, 1.54) is 18.2 Å². The summed E-state index contributed by atoms with van der Waals surface area (Å²) in [5, 5.41) is 15.5. The second-order valence-corrected chi connectivity index (χ2v) is 6.03. The molecule has 0 bridgehead atoms. The number of amides is 1. The highest BCUT2D eigenvalue weighted by atomic mass is 16.6. The number of carbonyl (C=O) groups is 1. The summed E-state index contributed by atoms with van der Waals surface area (Å²) in [5.74, 6) is -0.00312. The van der Waals surface area contributed by atoms with Crippen LogP contribution in [-0.4, -0.2) is 59.6 Å². The molecule has 1 aliphatic rings. The summed E-state index contributed by atoms with van der Waals surface area (Å²) in [7, 11) is 1.98. The Morgan fingerprint density at radius 1 is 1.28 bits per heavy atom. The summed E-state index contributed by atoms with van der Waals surface area (Å²) < 4.78 is 5.92. The minimum absolute atomic E-state index is 0.00312. The quantitative estimate of drug-likeness (QED) is 0.275. The third kappa shape index (κ3) is 4.21. The minimum Gasteiger partial charge on any atom is -0.618 e. The van der Waals surface area contributed by atoms with Gasteiger partial charge in [0.2, 0.25) is 5.75 Å². The lowest BCUT2D eigenvalue weighted by Gasteiger charge is -2.31. The van der Waals surface area contributed by atoms with Crippen LogP contribution in [0.2, 0.25) is 0 Å². The maximum Gasteiger partial charge on any atom is 0.415 e. The van der Waals surface area contributed by atoms with Crippen LogP contribution in [0.15, 0.2) is 35.5 Å². The van der Waals surface area contributed by atoms with Crippen LogP contribution in [0.1, 0.15) is 13.8 Å². The molecule has 0 atom stereocenters. The van der Waals surface area contributed by atoms with E-state index in [4.69, 9.17) is 4.74 Å². The highest BCUT2D eigenvalue weighted by Crippen LogP contribution is 2.37. The Morgan fingerprint density at radius 3 is 2.48 bits per heavy atom. The molecule has 0 N–H and O–H groups in total. The fraction of sp³-hybridized carbons (Fsp3) is 0.412. The lowest BCUT2D eigenvalue weighted by Crippen LogP contribution is -2.48. The molecule has 1 aromatic rings. The monoisotopic (exact) mass is 346 g/mol. The molecule has 0 aliphatic carbocycles. The first kappa shape index (κ1) is 18.6. The average molecular weight is 346 g/mol. The molecule has 0 radical (unpaired) electrons. The summed E-state index contributed by atoms with van der Waals surface area (Å²) in [6.45, 7) is 9.53. The fourth-order valence-corrected chi connectivity index (χ4v) is 2.36. The number of hydrogen-bond donors (Lipinski definition) is 0. The maximum absolute atomic E-state index is 12.6. The Labute approximate surface area is 146 Å². The van der Waals surface area contributed by atoms with Crippen LogP contribution < -0.4 is 4.74 Å². The van der Waals surface area contributed by atoms with Gasteiger partial charge < -0.3 is 19.7 Å². The SMILES string of the molecule is C=C(C)/C(C)=[N+](/[O-])c1c(N=O)cccc1OC(=O)N1CCN(C)CC1. The smallest absolute Gasteiger partial charge is 0.415 e. The zero-order chi connectivity index (χ0) is 18.6. The predicted molar refractivity (Wildman–Crippen MR) is 95.8 cm³/mol. The number of carbonyl (C=O) groups excluding carboxylic acids is 1. The summed E-state index contributed by atoms with van der Waals surface area (Å²) in [6, 6.07) is 4.37. The molecule has 1 aliphatic heterocycles. The Hall–Kier alpha value is -2.74. The molecule has 25 heavy (non-hydrogen) atoms. The predicted octanol–water partition coefficient (Wildman–Crippen LogP) is 3.01. The molecule has 0 unspecified atom stereocenters. The first-order valence-electron chi connectivity index (χ1n) is 7.93. The molecule has 1 fully saturated rings. The highest BCUT2D eigenvalue weighted by Gasteiger charge is 2.26. The van der Waals surface area contributed by atoms with Gasteiger partial charge in [-0.05, 0) is 31.3 Å². The normalized spacial score (nSPS) is 16.2. The van der Waals surface area contributed by atoms with Gasteiger partial charge in [-0.15, -0.1) is 4.91 Å². The molecule has 0 saturated carbocycles. The number of para-hydroxylation sites is 1. The van der Waals surface area contributed by atoms with Crippen molar-refractivity contribution < 1.29 is 14.3 Å². The van der Waals surface area contributed by atoms with Gasteiger partial charge in [0, 0.05) is 38.7 Å². The second-order valence-electron chi connectivity index (χ2n) is 6.03. The number of ether oxygens (including phenoxy) is 1. The molecule has 0 spiro atoms. The topological polar surface area (TPSA) is 88.3 Å². The Balaban J connectivity index is 2.35. The van der Waals surface area contributed by atoms with Crippen molar-refractivity contribution in [3.8, 4) is 5.75 Å². The van der Waals surface area contributed by atoms with Gasteiger partial charge in [0.25, 0.3) is 5.69 Å². The summed E-state index contributed by atoms with van der Waals surface area (Å²) >= 11 is 0. The molecule has 1 heterocycles. The van der Waals surface area contributed by atoms with Gasteiger partial charge in [0.15, 0.2) is 11.4 Å². The van der Waals surface area contributed by atoms with Crippen LogP contribution in [0.3, 0.4) is 0 Å². The van der Waals surface area contributed by atoms with Crippen LogP contribution in [0.5, 0.6) is 5.75 Å². The molecule has 1 saturated heterocycles. The van der Waals surface area contributed by atoms with Gasteiger partial charge in [-0.3, -0.25) is 0 Å². The van der Waals surface area contributed by atoms with Crippen LogP contribution in [0, 0.1) is 10.1 Å². The molecule has 1 amide bonds. The van der Waals surface area contributed by atoms with Crippen LogP contribution >= 0.6 is 0 Å². The number of rotatable bonds is 4. The molecule has 8 nitrogen and oxygen atoms in total. The number of hydrogen-bond acceptors (Lipinski definition) is 6. The molecular weight excluding hydrogens is 324 g/mol. The van der Waals surface area contributed by atoms with Crippen LogP contribution in [0.4, 0.5) is 16.2 Å². The second kappa shape index (κ2) is 7.89. The zero-order valence-corrected chi connectivity index (χ0v) is 14.7. The van der Waals surface area contributed by atoms with Crippen molar-refractivity contribution in [1.29, 1.82) is 0 Å². The van der Waals surface area contributed by atoms with Gasteiger partial charge in [-0.25, -0.2) is 4.79 Å². The minimum atomic E-state index is -0.557. The van der Waals surface area contributed by atoms with Crippen molar-refractivity contribution in [3.63, 3.8) is 0 Å². The summed E-state index contributed by atoms with van der Waals surface area (Å²) in [4.78, 5) is 27.2. The number of benzene rings is 1. The van der Waals surface area contributed by atoms with E-state index in [1.807, 2.05) is 7.05 Å². The largest absolute Gasteiger partial charge is 0.618 e. The van der Waals surface area contributed by atoms with E-state index < -0.39 is 6.09 Å². The number of nitroso groups, excluding NO2 is 1. The highest BCUT2D eigenvalue weighted by molar-refractivity contribution is 5.94. The third-order valence-corrected chi connectivity index (χ3v) is 4.16. The lowest BCUT2D eigenvalue weighted by atomic mass is 10.2. The average Bonchev–Trinajstić information content (AvgIpc) is 2.60. The number of piperazine rings is 1. The van der Waals surface area contributed by atoms with Crippen molar-refractivity contribution >= 4 is 23.2 Å². The fourth-order valence-electron chi connectivity index (χ4n) is 2.36. The lowest BCUT2D eigenvalue weighted by molar-refractivity contribution is -0.360. The first-order chi connectivity index (χ1) is 11.8. The van der Waals surface area contributed by atoms with Crippen LogP contribution in [0.25, 0.3) is 0 Å². The van der Waals surface area contributed by atoms with E-state index in [0.717, 1.165) is 13.1 Å². The number of nitrogens with zero attached hydrogens (tertiary/aromatic N) is 4. The summed E-state index contributed by atoms with van der Waals surface area (Å²) in [5.41, 5.74) is 0.639. The zero-order valence-electron chi connectivity index (χ0n) is 14.7. The number of likely N-dealkylation sites (N-methyl/N-ethyl adjacent to an activating group) is 1. The van der Waals surface area contributed by atoms with Crippen molar-refractivity contribution in [2.75, 3.05) is 33.2 Å². The van der Waals surface area contributed by atoms with E-state index >= 15 is 0 Å². The van der Waals surface area contributed by atoms with Gasteiger partial charge in [-0.2, -0.15) is 4.74 Å². The Bertz CT molecular complexity index is 721. The molecule has 1 aromatic carbocycles. The third-order valence-electron chi connectivity index (χ3n) is 4.16. The molecule has 134 valence electrons. The van der Waals surface area contributed by atoms with E-state index in [1.54, 1.807) is 18.7 Å². The van der Waals surface area contributed by atoms with Crippen molar-refractivity contribution in [2.45, 2.75) is 13.8 Å². The standard InChI is InChI=1S/C17H22N4O4/c1-12(2)13(3)21(24)16-14(18-23)6-5-7-15(16)25-17(22)20-10-8-19(4)9-11-20/h5-7H,1,8-11H2,2-4H3/b21-13+. The maximum atomic E-state index is 12.6. The van der Waals surface area contributed by atoms with E-state index in [2.05, 4.69) is 16.7 Å². The van der Waals surface area contributed by atoms with Crippen molar-refractivity contribution in [1.82, 2.24) is 9.80 Å². The molecule has 2 rings (SSSR count). The van der Waals surface area contributed by atoms with Gasteiger partial charge >= 0.3 is 6.09 Å². The molecular formula is C17H22N4O4. The number of allylic oxidation sites excluding steroid dienone is 1. The van der Waals surface area contributed by atoms with Crippen molar-refractivity contribution in [2.24, 2.45) is 5.18 Å². The molecule has 8 heteroatoms. The van der Waals surface area contributed by atoms with E-state index in [-0.39, 0.29) is 17.1 Å². The Kier molecular flexibility index (Phi) is 5.87. The van der Waals surface area contributed by atoms with Gasteiger partial charge in [0.05, 0.1) is 0 Å². The molecule has 0 aromatic heterocycles. The van der Waals surface area contributed by atoms with Crippen molar-refractivity contribution in [3.05, 3.63) is 40.5 Å². The van der Waals surface area contributed by atoms with E-state index in [9.17, 15) is 14.9 Å². The Morgan fingerprint density at radius 2 is 1.92 bits per heavy atom.